The van der Waals surface area contributed by atoms with Crippen LogP contribution in [-0.4, -0.2) is 29.6 Å². The van der Waals surface area contributed by atoms with Crippen LogP contribution in [0, 0.1) is 0 Å². The quantitative estimate of drug-likeness (QED) is 0.235. The molecule has 26 heavy (non-hydrogen) atoms. The summed E-state index contributed by atoms with van der Waals surface area (Å²) < 4.78 is 0. The van der Waals surface area contributed by atoms with Crippen molar-refractivity contribution in [3.63, 3.8) is 0 Å². The Balaban J connectivity index is 3.33. The number of nitrogens with one attached hydrogen (secondary N) is 1. The number of aliphatic carboxylic acids is 1. The smallest absolute Gasteiger partial charge is 0.243 e. The number of aliphatic hydroxyl groups excluding tert-OH is 1. The highest BCUT2D eigenvalue weighted by molar-refractivity contribution is 5.87. The fourth-order valence-corrected chi connectivity index (χ4v) is 2.50. The lowest BCUT2D eigenvalue weighted by Gasteiger charge is -2.03. The van der Waals surface area contributed by atoms with E-state index >= 15 is 0 Å². The Morgan fingerprint density at radius 2 is 1.54 bits per heavy atom. The molecule has 0 radical (unpaired) electrons. The number of aliphatic hydroxyl groups is 1. The van der Waals surface area contributed by atoms with Crippen LogP contribution < -0.4 is 10.4 Å². The Kier molecular flexibility index (Phi) is 17.0. The number of carboxylic acid groups (broad SMARTS) is 1. The third-order valence-electron chi connectivity index (χ3n) is 4.01. The standard InChI is InChI=1S/C21H37NO4/c1-19(23)15-11-9-7-5-3-2-4-6-8-10-12-16-20(24)22-18-14-13-17-21(25)26/h9,11-12,16,19,23H,2-8,10,13-15,17-18H2,1H3,(H,22,24)(H,25,26)/p-1/b11-9+,16-12+/t19-/m1/s1. The lowest BCUT2D eigenvalue weighted by molar-refractivity contribution is -0.305. The molecule has 0 unspecified atom stereocenters. The lowest BCUT2D eigenvalue weighted by Crippen LogP contribution is -2.24. The van der Waals surface area contributed by atoms with Crippen molar-refractivity contribution in [2.45, 2.75) is 90.1 Å². The second kappa shape index (κ2) is 18.2. The van der Waals surface area contributed by atoms with E-state index in [2.05, 4.69) is 17.5 Å². The number of amides is 1. The first-order valence-electron chi connectivity index (χ1n) is 9.99. The predicted octanol–water partition coefficient (Wildman–Crippen LogP) is 3.03. The molecule has 1 amide bonds. The summed E-state index contributed by atoms with van der Waals surface area (Å²) >= 11 is 0. The van der Waals surface area contributed by atoms with Gasteiger partial charge in [0.05, 0.1) is 6.10 Å². The molecule has 2 N–H and O–H groups in total. The van der Waals surface area contributed by atoms with Gasteiger partial charge < -0.3 is 20.3 Å². The van der Waals surface area contributed by atoms with Gasteiger partial charge in [-0.05, 0) is 64.4 Å². The molecule has 0 saturated carbocycles. The average Bonchev–Trinajstić information content (AvgIpc) is 2.58. The number of hydrogen-bond donors (Lipinski definition) is 2. The highest BCUT2D eigenvalue weighted by atomic mass is 16.4. The Labute approximate surface area is 158 Å². The van der Waals surface area contributed by atoms with Crippen LogP contribution in [0.2, 0.25) is 0 Å². The van der Waals surface area contributed by atoms with Crippen molar-refractivity contribution in [1.29, 1.82) is 0 Å². The van der Waals surface area contributed by atoms with E-state index in [0.29, 0.717) is 19.4 Å². The Morgan fingerprint density at radius 1 is 0.923 bits per heavy atom. The molecule has 0 fully saturated rings. The first-order valence-corrected chi connectivity index (χ1v) is 9.99. The van der Waals surface area contributed by atoms with E-state index in [1.807, 2.05) is 6.08 Å². The number of carbonyl (C=O) groups is 2. The topological polar surface area (TPSA) is 89.5 Å². The van der Waals surface area contributed by atoms with Gasteiger partial charge in [-0.2, -0.15) is 0 Å². The minimum absolute atomic E-state index is 0.0470. The molecule has 0 aromatic carbocycles. The summed E-state index contributed by atoms with van der Waals surface area (Å²) in [7, 11) is 0. The first kappa shape index (κ1) is 24.4. The van der Waals surface area contributed by atoms with Crippen LogP contribution in [0.1, 0.15) is 84.0 Å². The van der Waals surface area contributed by atoms with Crippen molar-refractivity contribution >= 4 is 11.9 Å². The summed E-state index contributed by atoms with van der Waals surface area (Å²) in [5.74, 6) is -1.15. The number of allylic oxidation sites excluding steroid dienone is 2. The second-order valence-corrected chi connectivity index (χ2v) is 6.78. The number of rotatable bonds is 17. The Morgan fingerprint density at radius 3 is 2.15 bits per heavy atom. The maximum absolute atomic E-state index is 11.5. The van der Waals surface area contributed by atoms with Crippen molar-refractivity contribution in [2.24, 2.45) is 0 Å². The summed E-state index contributed by atoms with van der Waals surface area (Å²) in [6.45, 7) is 2.31. The van der Waals surface area contributed by atoms with E-state index in [4.69, 9.17) is 5.11 Å². The van der Waals surface area contributed by atoms with Gasteiger partial charge >= 0.3 is 0 Å². The minimum Gasteiger partial charge on any atom is -0.550 e. The molecule has 0 saturated heterocycles. The van der Waals surface area contributed by atoms with Crippen molar-refractivity contribution in [3.8, 4) is 0 Å². The highest BCUT2D eigenvalue weighted by Gasteiger charge is 1.95. The zero-order valence-corrected chi connectivity index (χ0v) is 16.3. The molecular weight excluding hydrogens is 330 g/mol. The van der Waals surface area contributed by atoms with E-state index in [0.717, 1.165) is 25.7 Å². The molecule has 0 rings (SSSR count). The van der Waals surface area contributed by atoms with Crippen LogP contribution in [0.15, 0.2) is 24.3 Å². The van der Waals surface area contributed by atoms with E-state index in [1.165, 1.54) is 32.1 Å². The molecule has 0 aliphatic heterocycles. The van der Waals surface area contributed by atoms with Gasteiger partial charge in [-0.25, -0.2) is 0 Å². The van der Waals surface area contributed by atoms with E-state index in [9.17, 15) is 14.7 Å². The molecule has 0 spiro atoms. The monoisotopic (exact) mass is 366 g/mol. The van der Waals surface area contributed by atoms with Crippen LogP contribution in [-0.2, 0) is 9.59 Å². The summed E-state index contributed by atoms with van der Waals surface area (Å²) in [6, 6.07) is 0. The van der Waals surface area contributed by atoms with Gasteiger partial charge in [-0.1, -0.05) is 43.9 Å². The summed E-state index contributed by atoms with van der Waals surface area (Å²) in [5.41, 5.74) is 0. The van der Waals surface area contributed by atoms with Gasteiger partial charge in [0.2, 0.25) is 5.91 Å². The van der Waals surface area contributed by atoms with Gasteiger partial charge in [-0.15, -0.1) is 0 Å². The number of carboxylic acids is 1. The zero-order valence-electron chi connectivity index (χ0n) is 16.3. The number of hydrogen-bond acceptors (Lipinski definition) is 4. The van der Waals surface area contributed by atoms with Gasteiger partial charge in [0.1, 0.15) is 0 Å². The molecular formula is C21H36NO4-. The maximum Gasteiger partial charge on any atom is 0.243 e. The molecule has 1 atom stereocenters. The number of unbranched alkanes of at least 4 members (excludes halogenated alkanes) is 8. The first-order chi connectivity index (χ1) is 12.5. The van der Waals surface area contributed by atoms with Crippen LogP contribution in [0.5, 0.6) is 0 Å². The van der Waals surface area contributed by atoms with Gasteiger partial charge in [0, 0.05) is 12.5 Å². The Bertz CT molecular complexity index is 416. The van der Waals surface area contributed by atoms with E-state index < -0.39 is 5.97 Å². The third kappa shape index (κ3) is 20.4. The predicted molar refractivity (Wildman–Crippen MR) is 103 cm³/mol. The molecule has 5 heteroatoms. The van der Waals surface area contributed by atoms with Gasteiger partial charge in [0.15, 0.2) is 0 Å². The van der Waals surface area contributed by atoms with Crippen LogP contribution >= 0.6 is 0 Å². The molecule has 5 nitrogen and oxygen atoms in total. The van der Waals surface area contributed by atoms with Crippen molar-refractivity contribution < 1.29 is 19.8 Å². The van der Waals surface area contributed by atoms with Gasteiger partial charge in [-0.3, -0.25) is 4.79 Å². The molecule has 0 aromatic rings. The summed E-state index contributed by atoms with van der Waals surface area (Å²) in [6.07, 6.45) is 18.7. The summed E-state index contributed by atoms with van der Waals surface area (Å²) in [4.78, 5) is 21.7. The highest BCUT2D eigenvalue weighted by Crippen LogP contribution is 2.09. The fraction of sp³-hybridized carbons (Fsp3) is 0.714. The number of carbonyl (C=O) groups excluding carboxylic acids is 2. The van der Waals surface area contributed by atoms with E-state index in [-0.39, 0.29) is 18.4 Å². The molecule has 0 heterocycles. The normalized spacial score (nSPS) is 12.7. The molecule has 150 valence electrons. The van der Waals surface area contributed by atoms with Crippen LogP contribution in [0.3, 0.4) is 0 Å². The average molecular weight is 367 g/mol. The molecule has 0 aliphatic rings. The van der Waals surface area contributed by atoms with Crippen molar-refractivity contribution in [3.05, 3.63) is 24.3 Å². The molecule has 0 aliphatic carbocycles. The van der Waals surface area contributed by atoms with E-state index in [1.54, 1.807) is 13.0 Å². The van der Waals surface area contributed by atoms with Crippen LogP contribution in [0.25, 0.3) is 0 Å². The fourth-order valence-electron chi connectivity index (χ4n) is 2.50. The second-order valence-electron chi connectivity index (χ2n) is 6.78. The molecule has 0 bridgehead atoms. The lowest BCUT2D eigenvalue weighted by atomic mass is 10.1. The zero-order chi connectivity index (χ0) is 19.5. The Hall–Kier alpha value is -1.62. The largest absolute Gasteiger partial charge is 0.550 e. The van der Waals surface area contributed by atoms with Gasteiger partial charge in [0.25, 0.3) is 0 Å². The van der Waals surface area contributed by atoms with Crippen molar-refractivity contribution in [2.75, 3.05) is 6.54 Å². The SMILES string of the molecule is C[C@@H](O)C/C=C/CCCCCCCC/C=C/C(=O)NCCCCC(=O)[O-]. The van der Waals surface area contributed by atoms with Crippen molar-refractivity contribution in [1.82, 2.24) is 5.32 Å². The third-order valence-corrected chi connectivity index (χ3v) is 4.01. The maximum atomic E-state index is 11.5. The van der Waals surface area contributed by atoms with Crippen LogP contribution in [0.4, 0.5) is 0 Å². The molecule has 0 aromatic heterocycles. The summed E-state index contributed by atoms with van der Waals surface area (Å²) in [5, 5.41) is 22.1. The minimum atomic E-state index is -1.04.